The average molecular weight is 261 g/mol. The number of carbonyl (C=O) groups excluding carboxylic acids is 2. The third kappa shape index (κ3) is 9.68. The molecular formula is C10H19N3O3S. The fourth-order valence-corrected chi connectivity index (χ4v) is 1.94. The zero-order valence-electron chi connectivity index (χ0n) is 10.2. The molecule has 0 aromatic carbocycles. The number of esters is 1. The second kappa shape index (κ2) is 9.95. The van der Waals surface area contributed by atoms with Gasteiger partial charge in [0.05, 0.1) is 18.1 Å². The maximum atomic E-state index is 11.1. The molecule has 0 aliphatic rings. The van der Waals surface area contributed by atoms with E-state index in [-0.39, 0.29) is 5.97 Å². The molecule has 0 spiro atoms. The minimum atomic E-state index is -0.690. The molecular weight excluding hydrogens is 242 g/mol. The van der Waals surface area contributed by atoms with Crippen LogP contribution in [0.3, 0.4) is 0 Å². The first kappa shape index (κ1) is 15.8. The first-order valence-electron chi connectivity index (χ1n) is 5.50. The lowest BCUT2D eigenvalue weighted by molar-refractivity contribution is -0.142. The van der Waals surface area contributed by atoms with Crippen molar-refractivity contribution in [2.75, 3.05) is 12.4 Å². The van der Waals surface area contributed by atoms with Gasteiger partial charge in [0.15, 0.2) is 0 Å². The summed E-state index contributed by atoms with van der Waals surface area (Å²) >= 11 is 1.42. The predicted molar refractivity (Wildman–Crippen MR) is 68.8 cm³/mol. The fraction of sp³-hybridized carbons (Fsp3) is 0.700. The van der Waals surface area contributed by atoms with Gasteiger partial charge in [-0.2, -0.15) is 5.10 Å². The SMILES string of the molecule is CCC/C(=N/NC(N)=O)SCCC(=O)OCC. The van der Waals surface area contributed by atoms with Crippen LogP contribution in [0.1, 0.15) is 33.1 Å². The second-order valence-corrected chi connectivity index (χ2v) is 4.30. The predicted octanol–water partition coefficient (Wildman–Crippen LogP) is 1.45. The summed E-state index contributed by atoms with van der Waals surface area (Å²) in [5.41, 5.74) is 7.10. The van der Waals surface area contributed by atoms with Crippen LogP contribution >= 0.6 is 11.8 Å². The topological polar surface area (TPSA) is 93.8 Å². The van der Waals surface area contributed by atoms with E-state index in [1.54, 1.807) is 6.92 Å². The lowest BCUT2D eigenvalue weighted by Gasteiger charge is -2.05. The van der Waals surface area contributed by atoms with Crippen molar-refractivity contribution in [2.45, 2.75) is 33.1 Å². The molecule has 0 saturated heterocycles. The Morgan fingerprint density at radius 1 is 1.35 bits per heavy atom. The largest absolute Gasteiger partial charge is 0.466 e. The average Bonchev–Trinajstić information content (AvgIpc) is 2.26. The summed E-state index contributed by atoms with van der Waals surface area (Å²) in [6, 6.07) is -0.690. The smallest absolute Gasteiger partial charge is 0.332 e. The van der Waals surface area contributed by atoms with Crippen LogP contribution in [-0.4, -0.2) is 29.4 Å². The van der Waals surface area contributed by atoms with Gasteiger partial charge in [-0.25, -0.2) is 10.2 Å². The molecule has 98 valence electrons. The van der Waals surface area contributed by atoms with Gasteiger partial charge in [-0.3, -0.25) is 4.79 Å². The van der Waals surface area contributed by atoms with E-state index < -0.39 is 6.03 Å². The molecule has 0 fully saturated rings. The number of nitrogens with two attached hydrogens (primary N) is 1. The molecule has 0 aromatic heterocycles. The van der Waals surface area contributed by atoms with Gasteiger partial charge in [-0.15, -0.1) is 11.8 Å². The van der Waals surface area contributed by atoms with Gasteiger partial charge in [-0.1, -0.05) is 6.92 Å². The van der Waals surface area contributed by atoms with Gasteiger partial charge in [-0.05, 0) is 19.8 Å². The number of primary amides is 1. The van der Waals surface area contributed by atoms with E-state index in [1.807, 2.05) is 6.92 Å². The molecule has 6 nitrogen and oxygen atoms in total. The van der Waals surface area contributed by atoms with Crippen molar-refractivity contribution < 1.29 is 14.3 Å². The standard InChI is InChI=1S/C10H19N3O3S/c1-3-5-8(12-13-10(11)15)17-7-6-9(14)16-4-2/h3-7H2,1-2H3,(H3,11,13,15)/b12-8-. The summed E-state index contributed by atoms with van der Waals surface area (Å²) in [6.07, 6.45) is 1.98. The van der Waals surface area contributed by atoms with Crippen molar-refractivity contribution in [3.05, 3.63) is 0 Å². The summed E-state index contributed by atoms with van der Waals surface area (Å²) < 4.78 is 4.80. The Labute approximate surface area is 105 Å². The number of ether oxygens (including phenoxy) is 1. The van der Waals surface area contributed by atoms with Crippen LogP contribution in [-0.2, 0) is 9.53 Å². The summed E-state index contributed by atoms with van der Waals surface area (Å²) in [4.78, 5) is 21.6. The molecule has 0 aromatic rings. The zero-order chi connectivity index (χ0) is 13.1. The number of hydrazone groups is 1. The van der Waals surface area contributed by atoms with Crippen molar-refractivity contribution in [3.63, 3.8) is 0 Å². The van der Waals surface area contributed by atoms with Gasteiger partial charge in [0.2, 0.25) is 0 Å². The van der Waals surface area contributed by atoms with Crippen molar-refractivity contribution in [3.8, 4) is 0 Å². The van der Waals surface area contributed by atoms with Crippen LogP contribution in [0, 0.1) is 0 Å². The highest BCUT2D eigenvalue weighted by atomic mass is 32.2. The van der Waals surface area contributed by atoms with Gasteiger partial charge in [0.25, 0.3) is 0 Å². The molecule has 2 amide bonds. The number of nitrogens with one attached hydrogen (secondary N) is 1. The van der Waals surface area contributed by atoms with Crippen molar-refractivity contribution >= 4 is 28.8 Å². The first-order chi connectivity index (χ1) is 8.10. The monoisotopic (exact) mass is 261 g/mol. The highest BCUT2D eigenvalue weighted by Gasteiger charge is 2.05. The molecule has 17 heavy (non-hydrogen) atoms. The maximum absolute atomic E-state index is 11.1. The number of hydrogen-bond acceptors (Lipinski definition) is 5. The number of rotatable bonds is 7. The number of thioether (sulfide) groups is 1. The van der Waals surface area contributed by atoms with Crippen molar-refractivity contribution in [1.29, 1.82) is 0 Å². The van der Waals surface area contributed by atoms with Crippen LogP contribution < -0.4 is 11.2 Å². The Kier molecular flexibility index (Phi) is 9.22. The molecule has 3 N–H and O–H groups in total. The van der Waals surface area contributed by atoms with Crippen LogP contribution in [0.5, 0.6) is 0 Å². The summed E-state index contributed by atoms with van der Waals surface area (Å²) in [6.45, 7) is 4.17. The molecule has 0 saturated carbocycles. The Morgan fingerprint density at radius 3 is 2.59 bits per heavy atom. The minimum absolute atomic E-state index is 0.223. The van der Waals surface area contributed by atoms with Gasteiger partial charge < -0.3 is 10.5 Å². The number of amides is 2. The molecule has 0 aliphatic heterocycles. The zero-order valence-corrected chi connectivity index (χ0v) is 11.0. The maximum Gasteiger partial charge on any atom is 0.332 e. The number of nitrogens with zero attached hydrogens (tertiary/aromatic N) is 1. The third-order valence-corrected chi connectivity index (χ3v) is 2.67. The Hall–Kier alpha value is -1.24. The van der Waals surface area contributed by atoms with E-state index in [1.165, 1.54) is 11.8 Å². The normalized spacial score (nSPS) is 11.1. The summed E-state index contributed by atoms with van der Waals surface area (Å²) in [5, 5.41) is 4.62. The van der Waals surface area contributed by atoms with Crippen LogP contribution in [0.25, 0.3) is 0 Å². The van der Waals surface area contributed by atoms with E-state index in [4.69, 9.17) is 10.5 Å². The molecule has 0 unspecified atom stereocenters. The van der Waals surface area contributed by atoms with E-state index in [2.05, 4.69) is 10.5 Å². The number of hydrogen-bond donors (Lipinski definition) is 2. The molecule has 0 radical (unpaired) electrons. The van der Waals surface area contributed by atoms with Crippen LogP contribution in [0.4, 0.5) is 4.79 Å². The highest BCUT2D eigenvalue weighted by molar-refractivity contribution is 8.13. The van der Waals surface area contributed by atoms with E-state index in [0.717, 1.165) is 17.9 Å². The number of urea groups is 1. The molecule has 0 heterocycles. The quantitative estimate of drug-likeness (QED) is 0.314. The van der Waals surface area contributed by atoms with Crippen molar-refractivity contribution in [2.24, 2.45) is 10.8 Å². The van der Waals surface area contributed by atoms with Gasteiger partial charge >= 0.3 is 12.0 Å². The molecule has 0 rings (SSSR count). The van der Waals surface area contributed by atoms with Gasteiger partial charge in [0.1, 0.15) is 0 Å². The number of carbonyl (C=O) groups is 2. The Bertz CT molecular complexity index is 282. The summed E-state index contributed by atoms with van der Waals surface area (Å²) in [5.74, 6) is 0.358. The molecule has 7 heteroatoms. The van der Waals surface area contributed by atoms with Crippen LogP contribution in [0.15, 0.2) is 5.10 Å². The lowest BCUT2D eigenvalue weighted by atomic mass is 10.4. The van der Waals surface area contributed by atoms with E-state index >= 15 is 0 Å². The highest BCUT2D eigenvalue weighted by Crippen LogP contribution is 2.11. The van der Waals surface area contributed by atoms with Crippen LogP contribution in [0.2, 0.25) is 0 Å². The molecule has 0 aliphatic carbocycles. The molecule has 0 bridgehead atoms. The van der Waals surface area contributed by atoms with Gasteiger partial charge in [0, 0.05) is 5.75 Å². The Balaban J connectivity index is 3.96. The third-order valence-electron chi connectivity index (χ3n) is 1.63. The lowest BCUT2D eigenvalue weighted by Crippen LogP contribution is -2.25. The van der Waals surface area contributed by atoms with E-state index in [9.17, 15) is 9.59 Å². The fourth-order valence-electron chi connectivity index (χ4n) is 0.977. The Morgan fingerprint density at radius 2 is 2.06 bits per heavy atom. The second-order valence-electron chi connectivity index (χ2n) is 3.14. The molecule has 0 atom stereocenters. The van der Waals surface area contributed by atoms with E-state index in [0.29, 0.717) is 18.8 Å². The van der Waals surface area contributed by atoms with Crippen molar-refractivity contribution in [1.82, 2.24) is 5.43 Å². The first-order valence-corrected chi connectivity index (χ1v) is 6.49. The summed E-state index contributed by atoms with van der Waals surface area (Å²) in [7, 11) is 0. The minimum Gasteiger partial charge on any atom is -0.466 e.